The van der Waals surface area contributed by atoms with Crippen LogP contribution in [-0.4, -0.2) is 21.1 Å². The number of fused-ring (bicyclic) bond motifs is 1. The minimum Gasteiger partial charge on any atom is -0.458 e. The van der Waals surface area contributed by atoms with Gasteiger partial charge in [-0.25, -0.2) is 9.78 Å². The van der Waals surface area contributed by atoms with Gasteiger partial charge in [-0.05, 0) is 39.1 Å². The van der Waals surface area contributed by atoms with Crippen LogP contribution < -0.4 is 5.56 Å². The molecule has 2 rings (SSSR count). The SMILES string of the molecule is CC(C(=O)OC(C)(C)C)n1cnc2ccsc2c1=O. The summed E-state index contributed by atoms with van der Waals surface area (Å²) in [7, 11) is 0. The summed E-state index contributed by atoms with van der Waals surface area (Å²) in [6.07, 6.45) is 1.39. The maximum Gasteiger partial charge on any atom is 0.329 e. The first-order valence-corrected chi connectivity index (χ1v) is 6.85. The molecule has 19 heavy (non-hydrogen) atoms. The van der Waals surface area contributed by atoms with Crippen LogP contribution in [-0.2, 0) is 9.53 Å². The van der Waals surface area contributed by atoms with E-state index in [-0.39, 0.29) is 5.56 Å². The lowest BCUT2D eigenvalue weighted by atomic mass is 10.2. The molecule has 2 aromatic heterocycles. The van der Waals surface area contributed by atoms with Crippen LogP contribution >= 0.6 is 11.3 Å². The van der Waals surface area contributed by atoms with Crippen LogP contribution in [0.3, 0.4) is 0 Å². The van der Waals surface area contributed by atoms with Crippen LogP contribution in [0.2, 0.25) is 0 Å². The zero-order chi connectivity index (χ0) is 14.2. The number of rotatable bonds is 2. The number of ether oxygens (including phenoxy) is 1. The van der Waals surface area contributed by atoms with Crippen molar-refractivity contribution in [3.63, 3.8) is 0 Å². The topological polar surface area (TPSA) is 61.2 Å². The van der Waals surface area contributed by atoms with Gasteiger partial charge in [-0.2, -0.15) is 0 Å². The third-order valence-corrected chi connectivity index (χ3v) is 3.45. The minimum absolute atomic E-state index is 0.210. The van der Waals surface area contributed by atoms with E-state index in [2.05, 4.69) is 4.98 Å². The van der Waals surface area contributed by atoms with Crippen molar-refractivity contribution in [2.45, 2.75) is 39.3 Å². The van der Waals surface area contributed by atoms with E-state index in [1.807, 2.05) is 5.38 Å². The Labute approximate surface area is 114 Å². The van der Waals surface area contributed by atoms with Crippen LogP contribution in [0.25, 0.3) is 10.2 Å². The first-order chi connectivity index (χ1) is 8.79. The highest BCUT2D eigenvalue weighted by Gasteiger charge is 2.24. The summed E-state index contributed by atoms with van der Waals surface area (Å²) in [4.78, 5) is 28.4. The summed E-state index contributed by atoms with van der Waals surface area (Å²) in [6, 6.07) is 1.09. The number of aromatic nitrogens is 2. The molecule has 5 nitrogen and oxygen atoms in total. The molecule has 6 heteroatoms. The Morgan fingerprint density at radius 3 is 2.79 bits per heavy atom. The molecule has 0 saturated heterocycles. The van der Waals surface area contributed by atoms with Gasteiger partial charge in [0.1, 0.15) is 16.3 Å². The number of esters is 1. The second-order valence-corrected chi connectivity index (χ2v) is 6.22. The fourth-order valence-electron chi connectivity index (χ4n) is 1.63. The number of thiophene rings is 1. The molecule has 1 unspecified atom stereocenters. The van der Waals surface area contributed by atoms with Gasteiger partial charge >= 0.3 is 5.97 Å². The summed E-state index contributed by atoms with van der Waals surface area (Å²) >= 11 is 1.32. The summed E-state index contributed by atoms with van der Waals surface area (Å²) in [6.45, 7) is 7.01. The molecule has 0 N–H and O–H groups in total. The number of carbonyl (C=O) groups excluding carboxylic acids is 1. The van der Waals surface area contributed by atoms with Gasteiger partial charge in [0.15, 0.2) is 0 Å². The molecular formula is C13H16N2O3S. The second kappa shape index (κ2) is 4.77. The fourth-order valence-corrected chi connectivity index (χ4v) is 2.42. The van der Waals surface area contributed by atoms with Crippen molar-refractivity contribution in [3.05, 3.63) is 28.1 Å². The quantitative estimate of drug-likeness (QED) is 0.792. The Morgan fingerprint density at radius 1 is 1.47 bits per heavy atom. The van der Waals surface area contributed by atoms with Gasteiger partial charge in [0, 0.05) is 0 Å². The molecule has 102 valence electrons. The first kappa shape index (κ1) is 13.7. The molecule has 0 aliphatic rings. The molecule has 0 aliphatic heterocycles. The van der Waals surface area contributed by atoms with Gasteiger partial charge < -0.3 is 4.74 Å². The lowest BCUT2D eigenvalue weighted by Gasteiger charge is -2.22. The number of hydrogen-bond donors (Lipinski definition) is 0. The molecule has 0 saturated carbocycles. The third kappa shape index (κ3) is 2.84. The average Bonchev–Trinajstić information content (AvgIpc) is 2.75. The van der Waals surface area contributed by atoms with Crippen molar-refractivity contribution in [2.75, 3.05) is 0 Å². The molecule has 1 atom stereocenters. The lowest BCUT2D eigenvalue weighted by molar-refractivity contribution is -0.158. The summed E-state index contributed by atoms with van der Waals surface area (Å²) in [5.41, 5.74) is -0.129. The lowest BCUT2D eigenvalue weighted by Crippen LogP contribution is -2.33. The number of hydrogen-bond acceptors (Lipinski definition) is 5. The Hall–Kier alpha value is -1.69. The average molecular weight is 280 g/mol. The standard InChI is InChI=1S/C13H16N2O3S/c1-8(12(17)18-13(2,3)4)15-7-14-9-5-6-19-10(9)11(15)16/h5-8H,1-4H3. The zero-order valence-corrected chi connectivity index (χ0v) is 12.2. The van der Waals surface area contributed by atoms with Gasteiger partial charge in [-0.1, -0.05) is 0 Å². The molecule has 0 aromatic carbocycles. The molecule has 2 heterocycles. The molecule has 0 spiro atoms. The van der Waals surface area contributed by atoms with Crippen molar-refractivity contribution in [1.29, 1.82) is 0 Å². The minimum atomic E-state index is -0.689. The smallest absolute Gasteiger partial charge is 0.329 e. The number of carbonyl (C=O) groups is 1. The highest BCUT2D eigenvalue weighted by atomic mass is 32.1. The fraction of sp³-hybridized carbons (Fsp3) is 0.462. The zero-order valence-electron chi connectivity index (χ0n) is 11.3. The van der Waals surface area contributed by atoms with Crippen LogP contribution in [0.1, 0.15) is 33.7 Å². The normalized spacial score (nSPS) is 13.5. The van der Waals surface area contributed by atoms with E-state index < -0.39 is 17.6 Å². The Morgan fingerprint density at radius 2 is 2.16 bits per heavy atom. The number of nitrogens with zero attached hydrogens (tertiary/aromatic N) is 2. The summed E-state index contributed by atoms with van der Waals surface area (Å²) in [5, 5.41) is 1.81. The van der Waals surface area contributed by atoms with Crippen molar-refractivity contribution in [1.82, 2.24) is 9.55 Å². The Balaban J connectivity index is 2.36. The summed E-state index contributed by atoms with van der Waals surface area (Å²) < 4.78 is 7.15. The van der Waals surface area contributed by atoms with Crippen LogP contribution in [0.5, 0.6) is 0 Å². The van der Waals surface area contributed by atoms with E-state index in [1.54, 1.807) is 33.8 Å². The van der Waals surface area contributed by atoms with Gasteiger partial charge in [0.2, 0.25) is 0 Å². The second-order valence-electron chi connectivity index (χ2n) is 5.30. The van der Waals surface area contributed by atoms with E-state index in [1.165, 1.54) is 22.2 Å². The van der Waals surface area contributed by atoms with Crippen molar-refractivity contribution >= 4 is 27.5 Å². The van der Waals surface area contributed by atoms with Gasteiger partial charge in [-0.3, -0.25) is 9.36 Å². The predicted octanol–water partition coefficient (Wildman–Crippen LogP) is 2.36. The molecule has 0 fully saturated rings. The van der Waals surface area contributed by atoms with Crippen molar-refractivity contribution < 1.29 is 9.53 Å². The van der Waals surface area contributed by atoms with Crippen molar-refractivity contribution in [3.8, 4) is 0 Å². The van der Waals surface area contributed by atoms with Crippen LogP contribution in [0.4, 0.5) is 0 Å². The highest BCUT2D eigenvalue weighted by Crippen LogP contribution is 2.17. The van der Waals surface area contributed by atoms with Crippen molar-refractivity contribution in [2.24, 2.45) is 0 Å². The third-order valence-electron chi connectivity index (χ3n) is 2.56. The largest absolute Gasteiger partial charge is 0.458 e. The van der Waals surface area contributed by atoms with Gasteiger partial charge in [0.25, 0.3) is 5.56 Å². The Kier molecular flexibility index (Phi) is 3.45. The first-order valence-electron chi connectivity index (χ1n) is 5.97. The molecule has 0 amide bonds. The molecular weight excluding hydrogens is 264 g/mol. The van der Waals surface area contributed by atoms with E-state index in [0.717, 1.165) is 0 Å². The van der Waals surface area contributed by atoms with Gasteiger partial charge in [-0.15, -0.1) is 11.3 Å². The van der Waals surface area contributed by atoms with E-state index >= 15 is 0 Å². The van der Waals surface area contributed by atoms with E-state index in [4.69, 9.17) is 4.74 Å². The molecule has 0 aliphatic carbocycles. The Bertz CT molecular complexity index is 666. The van der Waals surface area contributed by atoms with E-state index in [9.17, 15) is 9.59 Å². The molecule has 0 bridgehead atoms. The monoisotopic (exact) mass is 280 g/mol. The molecule has 2 aromatic rings. The predicted molar refractivity (Wildman–Crippen MR) is 74.4 cm³/mol. The van der Waals surface area contributed by atoms with Gasteiger partial charge in [0.05, 0.1) is 11.8 Å². The highest BCUT2D eigenvalue weighted by molar-refractivity contribution is 7.17. The maximum absolute atomic E-state index is 12.2. The van der Waals surface area contributed by atoms with E-state index in [0.29, 0.717) is 10.2 Å². The maximum atomic E-state index is 12.2. The summed E-state index contributed by atoms with van der Waals surface area (Å²) in [5.74, 6) is -0.438. The van der Waals surface area contributed by atoms with Crippen LogP contribution in [0, 0.1) is 0 Å². The molecule has 0 radical (unpaired) electrons. The van der Waals surface area contributed by atoms with Crippen LogP contribution in [0.15, 0.2) is 22.6 Å².